The van der Waals surface area contributed by atoms with Gasteiger partial charge in [-0.3, -0.25) is 9.48 Å². The highest BCUT2D eigenvalue weighted by Crippen LogP contribution is 2.21. The van der Waals surface area contributed by atoms with E-state index in [1.807, 2.05) is 13.8 Å². The maximum Gasteiger partial charge on any atom is 0.257 e. The lowest BCUT2D eigenvalue weighted by Gasteiger charge is -2.06. The van der Waals surface area contributed by atoms with Gasteiger partial charge in [0.2, 0.25) is 0 Å². The van der Waals surface area contributed by atoms with Crippen molar-refractivity contribution in [2.45, 2.75) is 24.8 Å². The number of hydrogen-bond acceptors (Lipinski definition) is 3. The number of carbonyl (C=O) groups excluding carboxylic acids is 1. The Morgan fingerprint density at radius 1 is 1.47 bits per heavy atom. The average molecular weight is 296 g/mol. The summed E-state index contributed by atoms with van der Waals surface area (Å²) in [6.45, 7) is 4.03. The van der Waals surface area contributed by atoms with Crippen LogP contribution in [0.3, 0.4) is 0 Å². The Labute approximate surface area is 122 Å². The Morgan fingerprint density at radius 2 is 2.21 bits per heavy atom. The zero-order valence-corrected chi connectivity index (χ0v) is 12.2. The van der Waals surface area contributed by atoms with E-state index < -0.39 is 0 Å². The maximum atomic E-state index is 12.1. The topological polar surface area (TPSA) is 46.9 Å². The van der Waals surface area contributed by atoms with Crippen molar-refractivity contribution in [2.75, 3.05) is 5.32 Å². The van der Waals surface area contributed by atoms with E-state index in [9.17, 15) is 4.79 Å². The molecule has 1 amide bonds. The summed E-state index contributed by atoms with van der Waals surface area (Å²) < 4.78 is 1.77. The van der Waals surface area contributed by atoms with E-state index in [0.717, 1.165) is 0 Å². The van der Waals surface area contributed by atoms with Crippen LogP contribution in [0.4, 0.5) is 5.69 Å². The molecule has 1 N–H and O–H groups in total. The fraction of sp³-hybridized carbons (Fsp3) is 0.231. The van der Waals surface area contributed by atoms with Crippen molar-refractivity contribution in [3.8, 4) is 0 Å². The largest absolute Gasteiger partial charge is 0.319 e. The van der Waals surface area contributed by atoms with Gasteiger partial charge in [0.1, 0.15) is 0 Å². The van der Waals surface area contributed by atoms with Crippen molar-refractivity contribution < 1.29 is 4.79 Å². The Morgan fingerprint density at radius 3 is 2.84 bits per heavy atom. The van der Waals surface area contributed by atoms with Crippen molar-refractivity contribution in [1.29, 1.82) is 0 Å². The van der Waals surface area contributed by atoms with Gasteiger partial charge in [-0.1, -0.05) is 11.6 Å². The fourth-order valence-corrected chi connectivity index (χ4v) is 1.98. The van der Waals surface area contributed by atoms with E-state index in [1.165, 1.54) is 0 Å². The molecule has 1 heterocycles. The van der Waals surface area contributed by atoms with Gasteiger partial charge < -0.3 is 5.32 Å². The van der Waals surface area contributed by atoms with Gasteiger partial charge in [-0.05, 0) is 32.0 Å². The predicted molar refractivity (Wildman–Crippen MR) is 79.3 cm³/mol. The van der Waals surface area contributed by atoms with Crippen molar-refractivity contribution in [3.63, 3.8) is 0 Å². The third kappa shape index (κ3) is 3.30. The summed E-state index contributed by atoms with van der Waals surface area (Å²) in [5, 5.41) is 7.31. The third-order valence-corrected chi connectivity index (χ3v) is 3.19. The van der Waals surface area contributed by atoms with E-state index in [1.54, 1.807) is 35.3 Å². The van der Waals surface area contributed by atoms with E-state index in [-0.39, 0.29) is 11.9 Å². The number of carbonyl (C=O) groups is 1. The summed E-state index contributed by atoms with van der Waals surface area (Å²) in [4.78, 5) is 12.8. The number of hydrogen-bond donors (Lipinski definition) is 2. The molecule has 0 radical (unpaired) electrons. The van der Waals surface area contributed by atoms with Crippen LogP contribution < -0.4 is 5.32 Å². The fourth-order valence-electron chi connectivity index (χ4n) is 1.57. The molecule has 0 unspecified atom stereocenters. The van der Waals surface area contributed by atoms with Crippen molar-refractivity contribution in [1.82, 2.24) is 9.78 Å². The van der Waals surface area contributed by atoms with Crippen LogP contribution in [0.5, 0.6) is 0 Å². The third-order valence-electron chi connectivity index (χ3n) is 2.58. The minimum absolute atomic E-state index is 0.245. The molecule has 19 heavy (non-hydrogen) atoms. The minimum atomic E-state index is -0.274. The Hall–Kier alpha value is -1.46. The molecule has 0 atom stereocenters. The molecule has 6 heteroatoms. The number of halogens is 1. The van der Waals surface area contributed by atoms with Crippen LogP contribution in [0.25, 0.3) is 0 Å². The molecular formula is C13H14ClN3OS. The Bertz CT molecular complexity index is 610. The van der Waals surface area contributed by atoms with Crippen LogP contribution in [0, 0.1) is 0 Å². The number of thiol groups is 1. The number of nitrogens with one attached hydrogen (secondary N) is 1. The van der Waals surface area contributed by atoms with E-state index in [0.29, 0.717) is 21.2 Å². The summed E-state index contributed by atoms with van der Waals surface area (Å²) in [7, 11) is 0. The second-order valence-corrected chi connectivity index (χ2v) is 5.34. The maximum absolute atomic E-state index is 12.1. The summed E-state index contributed by atoms with van der Waals surface area (Å²) in [6, 6.07) is 5.26. The smallest absolute Gasteiger partial charge is 0.257 e. The zero-order chi connectivity index (χ0) is 14.0. The highest BCUT2D eigenvalue weighted by molar-refractivity contribution is 7.80. The first-order valence-corrected chi connectivity index (χ1v) is 6.64. The molecule has 0 aliphatic heterocycles. The molecule has 0 fully saturated rings. The number of benzene rings is 1. The van der Waals surface area contributed by atoms with Crippen molar-refractivity contribution in [2.24, 2.45) is 0 Å². The average Bonchev–Trinajstić information content (AvgIpc) is 2.80. The molecule has 0 aliphatic rings. The molecule has 1 aromatic carbocycles. The van der Waals surface area contributed by atoms with Gasteiger partial charge in [0.15, 0.2) is 0 Å². The van der Waals surface area contributed by atoms with Crippen molar-refractivity contribution in [3.05, 3.63) is 41.2 Å². The molecule has 0 spiro atoms. The summed E-state index contributed by atoms with van der Waals surface area (Å²) in [6.07, 6.45) is 3.39. The van der Waals surface area contributed by atoms with Gasteiger partial charge in [0.25, 0.3) is 5.91 Å². The van der Waals surface area contributed by atoms with Gasteiger partial charge >= 0.3 is 0 Å². The molecule has 0 saturated carbocycles. The summed E-state index contributed by atoms with van der Waals surface area (Å²) in [5.74, 6) is -0.274. The monoisotopic (exact) mass is 295 g/mol. The van der Waals surface area contributed by atoms with Crippen LogP contribution in [-0.2, 0) is 0 Å². The number of rotatable bonds is 3. The van der Waals surface area contributed by atoms with Crippen LogP contribution in [0.15, 0.2) is 35.5 Å². The standard InChI is InChI=1S/C13H14ClN3OS/c1-8(2)17-7-9(6-15-17)16-13(18)11-5-10(19)3-4-12(11)14/h3-8,19H,1-2H3,(H,16,18). The quantitative estimate of drug-likeness (QED) is 0.849. The molecule has 2 aromatic rings. The van der Waals surface area contributed by atoms with E-state index >= 15 is 0 Å². The van der Waals surface area contributed by atoms with Gasteiger partial charge in [0, 0.05) is 17.1 Å². The number of aromatic nitrogens is 2. The van der Waals surface area contributed by atoms with Crippen LogP contribution in [0.1, 0.15) is 30.2 Å². The first kappa shape index (κ1) is 14.0. The van der Waals surface area contributed by atoms with Crippen LogP contribution in [-0.4, -0.2) is 15.7 Å². The number of anilines is 1. The highest BCUT2D eigenvalue weighted by Gasteiger charge is 2.12. The van der Waals surface area contributed by atoms with Crippen LogP contribution >= 0.6 is 24.2 Å². The van der Waals surface area contributed by atoms with Gasteiger partial charge in [-0.25, -0.2) is 0 Å². The molecule has 0 bridgehead atoms. The second kappa shape index (κ2) is 5.67. The molecular weight excluding hydrogens is 282 g/mol. The molecule has 100 valence electrons. The molecule has 2 rings (SSSR count). The van der Waals surface area contributed by atoms with Gasteiger partial charge in [0.05, 0.1) is 22.5 Å². The van der Waals surface area contributed by atoms with E-state index in [2.05, 4.69) is 23.0 Å². The molecule has 1 aromatic heterocycles. The second-order valence-electron chi connectivity index (χ2n) is 4.42. The molecule has 0 saturated heterocycles. The number of nitrogens with zero attached hydrogens (tertiary/aromatic N) is 2. The first-order valence-electron chi connectivity index (χ1n) is 5.81. The normalized spacial score (nSPS) is 10.8. The minimum Gasteiger partial charge on any atom is -0.319 e. The molecule has 0 aliphatic carbocycles. The highest BCUT2D eigenvalue weighted by atomic mass is 35.5. The lowest BCUT2D eigenvalue weighted by molar-refractivity contribution is 0.102. The summed E-state index contributed by atoms with van der Waals surface area (Å²) in [5.41, 5.74) is 1.03. The van der Waals surface area contributed by atoms with Gasteiger partial charge in [-0.2, -0.15) is 5.10 Å². The van der Waals surface area contributed by atoms with Crippen LogP contribution in [0.2, 0.25) is 5.02 Å². The Kier molecular flexibility index (Phi) is 4.17. The first-order chi connectivity index (χ1) is 8.97. The Balaban J connectivity index is 2.18. The number of amides is 1. The molecule has 4 nitrogen and oxygen atoms in total. The zero-order valence-electron chi connectivity index (χ0n) is 10.6. The predicted octanol–water partition coefficient (Wildman–Crippen LogP) is 3.66. The summed E-state index contributed by atoms with van der Waals surface area (Å²) >= 11 is 10.2. The van der Waals surface area contributed by atoms with E-state index in [4.69, 9.17) is 11.6 Å². The SMILES string of the molecule is CC(C)n1cc(NC(=O)c2cc(S)ccc2Cl)cn1. The lowest BCUT2D eigenvalue weighted by Crippen LogP contribution is -2.12. The van der Waals surface area contributed by atoms with Crippen molar-refractivity contribution >= 4 is 35.8 Å². The van der Waals surface area contributed by atoms with Gasteiger partial charge in [-0.15, -0.1) is 12.6 Å². The lowest BCUT2D eigenvalue weighted by atomic mass is 10.2.